The van der Waals surface area contributed by atoms with Crippen LogP contribution in [0.1, 0.15) is 80.7 Å². The van der Waals surface area contributed by atoms with Crippen LogP contribution in [0, 0.1) is 11.6 Å². The van der Waals surface area contributed by atoms with Crippen molar-refractivity contribution >= 4 is 21.7 Å². The largest absolute Gasteiger partial charge is 0.447 e. The molecular formula is C23H29F2N3O4S. The fourth-order valence-corrected chi connectivity index (χ4v) is 5.73. The van der Waals surface area contributed by atoms with Crippen molar-refractivity contribution in [1.82, 2.24) is 9.62 Å². The van der Waals surface area contributed by atoms with E-state index in [4.69, 9.17) is 4.42 Å². The van der Waals surface area contributed by atoms with Gasteiger partial charge in [0.15, 0.2) is 0 Å². The maximum absolute atomic E-state index is 14.5. The van der Waals surface area contributed by atoms with Gasteiger partial charge in [0.2, 0.25) is 5.09 Å². The Hall–Kier alpha value is -2.46. The lowest BCUT2D eigenvalue weighted by Crippen LogP contribution is -2.35. The van der Waals surface area contributed by atoms with Crippen molar-refractivity contribution in [3.63, 3.8) is 0 Å². The summed E-state index contributed by atoms with van der Waals surface area (Å²) < 4.78 is 62.5. The molecule has 0 unspecified atom stereocenters. The predicted octanol–water partition coefficient (Wildman–Crippen LogP) is 5.01. The molecule has 1 aromatic heterocycles. The number of rotatable bonds is 5. The summed E-state index contributed by atoms with van der Waals surface area (Å²) >= 11 is 0. The van der Waals surface area contributed by atoms with Gasteiger partial charge in [-0.3, -0.25) is 4.90 Å². The zero-order valence-electron chi connectivity index (χ0n) is 19.2. The molecular weight excluding hydrogens is 452 g/mol. The van der Waals surface area contributed by atoms with Crippen LogP contribution in [0.5, 0.6) is 0 Å². The van der Waals surface area contributed by atoms with Gasteiger partial charge in [-0.05, 0) is 37.8 Å². The Morgan fingerprint density at radius 3 is 2.18 bits per heavy atom. The second kappa shape index (κ2) is 8.72. The number of nitrogens with one attached hydrogen (secondary N) is 2. The number of hydrogen-bond acceptors (Lipinski definition) is 5. The molecule has 2 N–H and O–H groups in total. The molecule has 1 aromatic carbocycles. The first-order chi connectivity index (χ1) is 15.5. The van der Waals surface area contributed by atoms with Crippen LogP contribution in [-0.2, 0) is 16.6 Å². The number of hydrogen-bond donors (Lipinski definition) is 2. The van der Waals surface area contributed by atoms with Crippen molar-refractivity contribution in [3.05, 3.63) is 46.2 Å². The van der Waals surface area contributed by atoms with E-state index in [1.165, 1.54) is 6.07 Å². The number of urea groups is 1. The van der Waals surface area contributed by atoms with E-state index in [1.54, 1.807) is 27.7 Å². The third-order valence-corrected chi connectivity index (χ3v) is 7.55. The molecule has 7 nitrogen and oxygen atoms in total. The normalized spacial score (nSPS) is 20.1. The van der Waals surface area contributed by atoms with Gasteiger partial charge < -0.3 is 9.73 Å². The van der Waals surface area contributed by atoms with Crippen LogP contribution in [-0.4, -0.2) is 32.4 Å². The van der Waals surface area contributed by atoms with Crippen LogP contribution < -0.4 is 10.0 Å². The second-order valence-corrected chi connectivity index (χ2v) is 11.0. The smallest absolute Gasteiger partial charge is 0.333 e. The van der Waals surface area contributed by atoms with E-state index in [9.17, 15) is 22.0 Å². The summed E-state index contributed by atoms with van der Waals surface area (Å²) in [5, 5.41) is 2.05. The molecule has 0 atom stereocenters. The van der Waals surface area contributed by atoms with Gasteiger partial charge in [-0.2, -0.15) is 8.42 Å². The van der Waals surface area contributed by atoms with Gasteiger partial charge in [-0.1, -0.05) is 27.7 Å². The Kier molecular flexibility index (Phi) is 6.26. The lowest BCUT2D eigenvalue weighted by atomic mass is 9.91. The van der Waals surface area contributed by atoms with Gasteiger partial charge in [-0.25, -0.2) is 18.3 Å². The first-order valence-electron chi connectivity index (χ1n) is 11.2. The SMILES string of the molecule is CC(C)c1c(F)cc(F)c(C(C)C)c1NC(=O)NS(=O)(=O)c1cc2c(o1)C1CCN(CC1)C2. The van der Waals surface area contributed by atoms with Gasteiger partial charge in [0.1, 0.15) is 17.4 Å². The molecule has 1 saturated heterocycles. The quantitative estimate of drug-likeness (QED) is 0.627. The van der Waals surface area contributed by atoms with E-state index in [-0.39, 0.29) is 39.7 Å². The van der Waals surface area contributed by atoms with E-state index in [1.807, 2.05) is 4.72 Å². The van der Waals surface area contributed by atoms with Gasteiger partial charge in [0.25, 0.3) is 10.0 Å². The number of sulfonamides is 1. The van der Waals surface area contributed by atoms with Crippen molar-refractivity contribution in [2.75, 3.05) is 18.4 Å². The van der Waals surface area contributed by atoms with Crippen LogP contribution in [0.25, 0.3) is 0 Å². The summed E-state index contributed by atoms with van der Waals surface area (Å²) in [6, 6.07) is 1.15. The molecule has 180 valence electrons. The summed E-state index contributed by atoms with van der Waals surface area (Å²) in [4.78, 5) is 14.9. The van der Waals surface area contributed by atoms with Crippen LogP contribution in [0.3, 0.4) is 0 Å². The summed E-state index contributed by atoms with van der Waals surface area (Å²) in [7, 11) is -4.32. The highest BCUT2D eigenvalue weighted by atomic mass is 32.2. The van der Waals surface area contributed by atoms with E-state index >= 15 is 0 Å². The number of anilines is 1. The molecule has 0 saturated carbocycles. The highest BCUT2D eigenvalue weighted by Gasteiger charge is 2.34. The Bertz CT molecular complexity index is 1150. The fourth-order valence-electron chi connectivity index (χ4n) is 4.84. The monoisotopic (exact) mass is 481 g/mol. The van der Waals surface area contributed by atoms with Crippen molar-refractivity contribution < 1.29 is 26.4 Å². The number of carbonyl (C=O) groups excluding carboxylic acids is 1. The third kappa shape index (κ3) is 4.50. The minimum absolute atomic E-state index is 0.0504. The van der Waals surface area contributed by atoms with Crippen molar-refractivity contribution in [3.8, 4) is 0 Å². The zero-order chi connectivity index (χ0) is 24.1. The second-order valence-electron chi connectivity index (χ2n) is 9.42. The van der Waals surface area contributed by atoms with E-state index in [0.717, 1.165) is 37.6 Å². The van der Waals surface area contributed by atoms with Gasteiger partial charge >= 0.3 is 6.03 Å². The van der Waals surface area contributed by atoms with Crippen LogP contribution in [0.15, 0.2) is 21.6 Å². The lowest BCUT2D eigenvalue weighted by molar-refractivity contribution is 0.212. The molecule has 0 radical (unpaired) electrons. The lowest BCUT2D eigenvalue weighted by Gasteiger charge is -2.26. The number of halogens is 2. The molecule has 2 bridgehead atoms. The van der Waals surface area contributed by atoms with Gasteiger partial charge in [-0.15, -0.1) is 0 Å². The number of nitrogens with zero attached hydrogens (tertiary/aromatic N) is 1. The molecule has 3 aliphatic rings. The number of piperidine rings is 1. The Labute approximate surface area is 192 Å². The third-order valence-electron chi connectivity index (χ3n) is 6.36. The number of furan rings is 1. The summed E-state index contributed by atoms with van der Waals surface area (Å²) in [5.41, 5.74) is 0.989. The molecule has 5 rings (SSSR count). The molecule has 0 spiro atoms. The molecule has 2 aromatic rings. The average Bonchev–Trinajstić information content (AvgIpc) is 2.98. The fraction of sp³-hybridized carbons (Fsp3) is 0.522. The molecule has 0 aliphatic carbocycles. The highest BCUT2D eigenvalue weighted by Crippen LogP contribution is 2.39. The topological polar surface area (TPSA) is 91.7 Å². The average molecular weight is 482 g/mol. The van der Waals surface area contributed by atoms with E-state index in [2.05, 4.69) is 10.2 Å². The maximum Gasteiger partial charge on any atom is 0.333 e. The molecule has 3 aliphatic heterocycles. The van der Waals surface area contributed by atoms with Crippen molar-refractivity contribution in [1.29, 1.82) is 0 Å². The number of carbonyl (C=O) groups is 1. The minimum atomic E-state index is -4.32. The van der Waals surface area contributed by atoms with Gasteiger partial charge in [0, 0.05) is 41.3 Å². The Morgan fingerprint density at radius 2 is 1.64 bits per heavy atom. The van der Waals surface area contributed by atoms with Crippen LogP contribution >= 0.6 is 0 Å². The predicted molar refractivity (Wildman–Crippen MR) is 120 cm³/mol. The first-order valence-corrected chi connectivity index (χ1v) is 12.7. The molecule has 33 heavy (non-hydrogen) atoms. The van der Waals surface area contributed by atoms with E-state index in [0.29, 0.717) is 12.3 Å². The highest BCUT2D eigenvalue weighted by molar-refractivity contribution is 7.89. The Balaban J connectivity index is 1.61. The molecule has 2 amide bonds. The maximum atomic E-state index is 14.5. The minimum Gasteiger partial charge on any atom is -0.447 e. The first kappa shape index (κ1) is 23.7. The Morgan fingerprint density at radius 1 is 1.06 bits per heavy atom. The summed E-state index contributed by atoms with van der Waals surface area (Å²) in [5.74, 6) is -1.53. The van der Waals surface area contributed by atoms with Crippen LogP contribution in [0.2, 0.25) is 0 Å². The van der Waals surface area contributed by atoms with Crippen molar-refractivity contribution in [2.24, 2.45) is 0 Å². The molecule has 4 heterocycles. The zero-order valence-corrected chi connectivity index (χ0v) is 20.0. The number of benzene rings is 1. The standard InChI is InChI=1S/C23H29F2N3O4S/c1-12(2)19-16(24)10-17(25)20(13(3)4)21(19)26-23(29)27-33(30,31)18-9-15-11-28-7-5-14(6-8-28)22(15)32-18/h9-10,12-14H,5-8,11H2,1-4H3,(H2,26,27,29). The van der Waals surface area contributed by atoms with Crippen LogP contribution in [0.4, 0.5) is 19.3 Å². The number of fused-ring (bicyclic) bond motifs is 2. The number of amides is 2. The summed E-state index contributed by atoms with van der Waals surface area (Å²) in [6.45, 7) is 9.32. The summed E-state index contributed by atoms with van der Waals surface area (Å²) in [6.07, 6.45) is 1.80. The molecule has 10 heteroatoms. The molecule has 1 fully saturated rings. The van der Waals surface area contributed by atoms with Crippen molar-refractivity contribution in [2.45, 2.75) is 69.9 Å². The van der Waals surface area contributed by atoms with E-state index < -0.39 is 27.7 Å². The van der Waals surface area contributed by atoms with Gasteiger partial charge in [0.05, 0.1) is 5.69 Å².